The van der Waals surface area contributed by atoms with E-state index in [1.807, 2.05) is 45.9 Å². The summed E-state index contributed by atoms with van der Waals surface area (Å²) < 4.78 is 11.6. The lowest BCUT2D eigenvalue weighted by Crippen LogP contribution is -2.08. The average molecular weight is 337 g/mol. The third-order valence-corrected chi connectivity index (χ3v) is 3.26. The Morgan fingerprint density at radius 2 is 1.48 bits per heavy atom. The topological polar surface area (TPSA) is 62.5 Å². The summed E-state index contributed by atoms with van der Waals surface area (Å²) in [5.41, 5.74) is 2.05. The molecule has 0 aliphatic heterocycles. The Hall–Kier alpha value is -2.93. The van der Waals surface area contributed by atoms with Crippen LogP contribution in [0, 0.1) is 11.3 Å². The first-order chi connectivity index (χ1) is 11.9. The highest BCUT2D eigenvalue weighted by Crippen LogP contribution is 2.28. The van der Waals surface area contributed by atoms with E-state index in [1.165, 1.54) is 0 Å². The van der Waals surface area contributed by atoms with Crippen molar-refractivity contribution in [3.05, 3.63) is 53.6 Å². The standard InChI is InChI=1S/C21H23NO3/c1-14(2)24-20-10-16(11-21(12-20)25-15(3)4)9-18(13-22)17-5-7-19(23)8-6-17/h5-12,14-15,23H,1-4H3/b18-9+. The van der Waals surface area contributed by atoms with Crippen molar-refractivity contribution in [2.75, 3.05) is 0 Å². The van der Waals surface area contributed by atoms with Crippen LogP contribution < -0.4 is 9.47 Å². The van der Waals surface area contributed by atoms with Gasteiger partial charge in [-0.3, -0.25) is 0 Å². The van der Waals surface area contributed by atoms with Gasteiger partial charge < -0.3 is 14.6 Å². The second-order valence-electron chi connectivity index (χ2n) is 6.29. The van der Waals surface area contributed by atoms with Crippen LogP contribution in [0.25, 0.3) is 11.6 Å². The fraction of sp³-hybridized carbons (Fsp3) is 0.286. The molecule has 0 aliphatic rings. The number of ether oxygens (including phenoxy) is 2. The van der Waals surface area contributed by atoms with Crippen LogP contribution in [-0.2, 0) is 0 Å². The van der Waals surface area contributed by atoms with Gasteiger partial charge >= 0.3 is 0 Å². The normalized spacial score (nSPS) is 11.5. The lowest BCUT2D eigenvalue weighted by atomic mass is 10.0. The first-order valence-corrected chi connectivity index (χ1v) is 8.27. The molecule has 4 nitrogen and oxygen atoms in total. The number of hydrogen-bond donors (Lipinski definition) is 1. The number of hydrogen-bond acceptors (Lipinski definition) is 4. The van der Waals surface area contributed by atoms with Gasteiger partial charge in [0.05, 0.1) is 23.9 Å². The zero-order valence-electron chi connectivity index (χ0n) is 15.0. The lowest BCUT2D eigenvalue weighted by Gasteiger charge is -2.15. The summed E-state index contributed by atoms with van der Waals surface area (Å²) >= 11 is 0. The molecule has 2 rings (SSSR count). The van der Waals surface area contributed by atoms with Crippen molar-refractivity contribution in [3.63, 3.8) is 0 Å². The van der Waals surface area contributed by atoms with Gasteiger partial charge in [0.2, 0.25) is 0 Å². The molecule has 0 bridgehead atoms. The molecule has 25 heavy (non-hydrogen) atoms. The molecule has 0 aliphatic carbocycles. The third-order valence-electron chi connectivity index (χ3n) is 3.26. The number of rotatable bonds is 6. The van der Waals surface area contributed by atoms with Gasteiger partial charge in [0, 0.05) is 6.07 Å². The number of phenolic OH excluding ortho intramolecular Hbond substituents is 1. The van der Waals surface area contributed by atoms with Crippen molar-refractivity contribution in [3.8, 4) is 23.3 Å². The molecule has 4 heteroatoms. The molecule has 0 spiro atoms. The van der Waals surface area contributed by atoms with E-state index in [1.54, 1.807) is 30.3 Å². The fourth-order valence-corrected chi connectivity index (χ4v) is 2.35. The largest absolute Gasteiger partial charge is 0.508 e. The van der Waals surface area contributed by atoms with Gasteiger partial charge in [0.25, 0.3) is 0 Å². The molecular formula is C21H23NO3. The smallest absolute Gasteiger partial charge is 0.123 e. The Morgan fingerprint density at radius 3 is 1.92 bits per heavy atom. The molecule has 0 atom stereocenters. The first kappa shape index (κ1) is 18.4. The Bertz CT molecular complexity index is 756. The maximum absolute atomic E-state index is 9.50. The van der Waals surface area contributed by atoms with E-state index in [0.717, 1.165) is 11.1 Å². The molecule has 0 heterocycles. The summed E-state index contributed by atoms with van der Waals surface area (Å²) in [5, 5.41) is 18.9. The molecule has 0 fully saturated rings. The molecule has 0 saturated carbocycles. The molecule has 0 amide bonds. The van der Waals surface area contributed by atoms with Crippen molar-refractivity contribution < 1.29 is 14.6 Å². The Morgan fingerprint density at radius 1 is 0.960 bits per heavy atom. The average Bonchev–Trinajstić information content (AvgIpc) is 2.52. The fourth-order valence-electron chi connectivity index (χ4n) is 2.35. The van der Waals surface area contributed by atoms with Gasteiger partial charge in [-0.25, -0.2) is 0 Å². The van der Waals surface area contributed by atoms with Crippen molar-refractivity contribution in [2.24, 2.45) is 0 Å². The van der Waals surface area contributed by atoms with Crippen molar-refractivity contribution >= 4 is 11.6 Å². The van der Waals surface area contributed by atoms with Crippen molar-refractivity contribution in [2.45, 2.75) is 39.9 Å². The van der Waals surface area contributed by atoms with Gasteiger partial charge in [-0.2, -0.15) is 5.26 Å². The number of phenols is 1. The maximum Gasteiger partial charge on any atom is 0.123 e. The lowest BCUT2D eigenvalue weighted by molar-refractivity contribution is 0.229. The summed E-state index contributed by atoms with van der Waals surface area (Å²) in [7, 11) is 0. The summed E-state index contributed by atoms with van der Waals surface area (Å²) in [5.74, 6) is 1.56. The molecule has 0 aromatic heterocycles. The number of nitrogens with zero attached hydrogens (tertiary/aromatic N) is 1. The third kappa shape index (κ3) is 5.58. The minimum atomic E-state index is 0.0404. The number of nitriles is 1. The maximum atomic E-state index is 9.50. The van der Waals surface area contributed by atoms with E-state index in [9.17, 15) is 10.4 Å². The quantitative estimate of drug-likeness (QED) is 0.593. The van der Waals surface area contributed by atoms with Crippen LogP contribution in [-0.4, -0.2) is 17.3 Å². The number of benzene rings is 2. The van der Waals surface area contributed by atoms with E-state index >= 15 is 0 Å². The summed E-state index contributed by atoms with van der Waals surface area (Å²) in [6.07, 6.45) is 1.87. The summed E-state index contributed by atoms with van der Waals surface area (Å²) in [4.78, 5) is 0. The monoisotopic (exact) mass is 337 g/mol. The van der Waals surface area contributed by atoms with E-state index in [-0.39, 0.29) is 18.0 Å². The van der Waals surface area contributed by atoms with Crippen LogP contribution in [0.15, 0.2) is 42.5 Å². The Kier molecular flexibility index (Phi) is 6.08. The summed E-state index contributed by atoms with van der Waals surface area (Å²) in [6, 6.07) is 14.4. The van der Waals surface area contributed by atoms with Gasteiger partial charge in [-0.05, 0) is 81.3 Å². The van der Waals surface area contributed by atoms with E-state index in [4.69, 9.17) is 9.47 Å². The van der Waals surface area contributed by atoms with Crippen LogP contribution in [0.4, 0.5) is 0 Å². The van der Waals surface area contributed by atoms with Crippen LogP contribution >= 0.6 is 0 Å². The van der Waals surface area contributed by atoms with Crippen LogP contribution in [0.3, 0.4) is 0 Å². The molecule has 130 valence electrons. The number of allylic oxidation sites excluding steroid dienone is 1. The highest BCUT2D eigenvalue weighted by atomic mass is 16.5. The van der Waals surface area contributed by atoms with Gasteiger partial charge in [-0.1, -0.05) is 0 Å². The molecule has 2 aromatic rings. The molecule has 1 N–H and O–H groups in total. The zero-order chi connectivity index (χ0) is 18.4. The Labute approximate surface area is 148 Å². The number of aromatic hydroxyl groups is 1. The highest BCUT2D eigenvalue weighted by molar-refractivity contribution is 5.90. The molecular weight excluding hydrogens is 314 g/mol. The minimum Gasteiger partial charge on any atom is -0.508 e. The van der Waals surface area contributed by atoms with Gasteiger partial charge in [0.15, 0.2) is 0 Å². The van der Waals surface area contributed by atoms with E-state index in [2.05, 4.69) is 6.07 Å². The molecule has 0 radical (unpaired) electrons. The minimum absolute atomic E-state index is 0.0404. The second-order valence-corrected chi connectivity index (χ2v) is 6.29. The molecule has 0 unspecified atom stereocenters. The van der Waals surface area contributed by atoms with E-state index in [0.29, 0.717) is 17.1 Å². The second kappa shape index (κ2) is 8.25. The Balaban J connectivity index is 2.44. The SMILES string of the molecule is CC(C)Oc1cc(/C=C(\C#N)c2ccc(O)cc2)cc(OC(C)C)c1. The van der Waals surface area contributed by atoms with Crippen LogP contribution in [0.2, 0.25) is 0 Å². The van der Waals surface area contributed by atoms with Gasteiger partial charge in [-0.15, -0.1) is 0 Å². The molecule has 2 aromatic carbocycles. The van der Waals surface area contributed by atoms with E-state index < -0.39 is 0 Å². The predicted octanol–water partition coefficient (Wildman–Crippen LogP) is 5.03. The highest BCUT2D eigenvalue weighted by Gasteiger charge is 2.08. The van der Waals surface area contributed by atoms with Crippen LogP contribution in [0.5, 0.6) is 17.2 Å². The van der Waals surface area contributed by atoms with Crippen LogP contribution in [0.1, 0.15) is 38.8 Å². The first-order valence-electron chi connectivity index (χ1n) is 8.27. The summed E-state index contributed by atoms with van der Waals surface area (Å²) in [6.45, 7) is 7.84. The predicted molar refractivity (Wildman–Crippen MR) is 99.6 cm³/mol. The zero-order valence-corrected chi connectivity index (χ0v) is 15.0. The van der Waals surface area contributed by atoms with Crippen molar-refractivity contribution in [1.82, 2.24) is 0 Å². The van der Waals surface area contributed by atoms with Crippen molar-refractivity contribution in [1.29, 1.82) is 5.26 Å². The molecule has 0 saturated heterocycles. The van der Waals surface area contributed by atoms with Gasteiger partial charge in [0.1, 0.15) is 17.2 Å².